The monoisotopic (exact) mass is 659 g/mol. The SMILES string of the molecule is CC[C@@H](C)NC(=O)[C@@H](Cc1ccccc1)N(Cc1cccc(C)c1)C(=O)CN(c1cccc(Cl)c1C)S(=O)(=O)c1ccc(C)cc1. The fraction of sp³-hybridized carbons (Fsp3) is 0.297. The summed E-state index contributed by atoms with van der Waals surface area (Å²) in [5.74, 6) is -0.817. The van der Waals surface area contributed by atoms with Gasteiger partial charge in [-0.2, -0.15) is 0 Å². The number of rotatable bonds is 13. The van der Waals surface area contributed by atoms with Crippen LogP contribution in [0.3, 0.4) is 0 Å². The van der Waals surface area contributed by atoms with Gasteiger partial charge in [-0.15, -0.1) is 0 Å². The fourth-order valence-electron chi connectivity index (χ4n) is 5.22. The second-order valence-electron chi connectivity index (χ2n) is 11.7. The number of sulfonamides is 1. The van der Waals surface area contributed by atoms with Gasteiger partial charge >= 0.3 is 0 Å². The van der Waals surface area contributed by atoms with Gasteiger partial charge in [0, 0.05) is 24.0 Å². The normalized spacial score (nSPS) is 12.7. The second kappa shape index (κ2) is 15.4. The molecule has 46 heavy (non-hydrogen) atoms. The Morgan fingerprint density at radius 2 is 1.48 bits per heavy atom. The minimum Gasteiger partial charge on any atom is -0.352 e. The summed E-state index contributed by atoms with van der Waals surface area (Å²) in [5.41, 5.74) is 4.43. The third-order valence-corrected chi connectivity index (χ3v) is 10.3. The van der Waals surface area contributed by atoms with Gasteiger partial charge in [0.2, 0.25) is 11.8 Å². The van der Waals surface area contributed by atoms with Crippen LogP contribution in [0.4, 0.5) is 5.69 Å². The van der Waals surface area contributed by atoms with Crippen LogP contribution < -0.4 is 9.62 Å². The molecule has 0 aliphatic heterocycles. The molecule has 0 bridgehead atoms. The zero-order chi connectivity index (χ0) is 33.4. The molecule has 242 valence electrons. The molecule has 0 saturated carbocycles. The lowest BCUT2D eigenvalue weighted by Gasteiger charge is -2.34. The van der Waals surface area contributed by atoms with E-state index in [1.165, 1.54) is 17.0 Å². The number of hydrogen-bond acceptors (Lipinski definition) is 4. The summed E-state index contributed by atoms with van der Waals surface area (Å²) in [6, 6.07) is 27.7. The molecule has 7 nitrogen and oxygen atoms in total. The first kappa shape index (κ1) is 34.7. The summed E-state index contributed by atoms with van der Waals surface area (Å²) in [6.07, 6.45) is 0.966. The molecule has 0 fully saturated rings. The lowest BCUT2D eigenvalue weighted by atomic mass is 10.0. The number of benzene rings is 4. The van der Waals surface area contributed by atoms with Crippen LogP contribution in [0.1, 0.15) is 48.1 Å². The molecule has 2 amide bonds. The number of nitrogens with zero attached hydrogens (tertiary/aromatic N) is 2. The predicted molar refractivity (Wildman–Crippen MR) is 185 cm³/mol. The highest BCUT2D eigenvalue weighted by molar-refractivity contribution is 7.92. The molecule has 4 rings (SSSR count). The van der Waals surface area contributed by atoms with Gasteiger partial charge in [-0.1, -0.05) is 102 Å². The molecule has 9 heteroatoms. The number of aryl methyl sites for hydroxylation is 2. The number of anilines is 1. The third-order valence-electron chi connectivity index (χ3n) is 8.10. The Morgan fingerprint density at radius 1 is 0.826 bits per heavy atom. The maximum absolute atomic E-state index is 14.6. The van der Waals surface area contributed by atoms with E-state index >= 15 is 0 Å². The van der Waals surface area contributed by atoms with Gasteiger partial charge in [0.1, 0.15) is 12.6 Å². The van der Waals surface area contributed by atoms with E-state index < -0.39 is 28.5 Å². The Kier molecular flexibility index (Phi) is 11.7. The number of carbonyl (C=O) groups excluding carboxylic acids is 2. The molecule has 2 atom stereocenters. The van der Waals surface area contributed by atoms with Crippen LogP contribution >= 0.6 is 11.6 Å². The maximum atomic E-state index is 14.6. The van der Waals surface area contributed by atoms with Gasteiger partial charge < -0.3 is 10.2 Å². The minimum atomic E-state index is -4.22. The first-order valence-electron chi connectivity index (χ1n) is 15.4. The first-order valence-corrected chi connectivity index (χ1v) is 17.3. The minimum absolute atomic E-state index is 0.0471. The van der Waals surface area contributed by atoms with E-state index in [0.717, 1.165) is 26.6 Å². The van der Waals surface area contributed by atoms with Crippen LogP contribution in [0.5, 0.6) is 0 Å². The number of amides is 2. The van der Waals surface area contributed by atoms with Crippen molar-refractivity contribution in [3.8, 4) is 0 Å². The van der Waals surface area contributed by atoms with Crippen molar-refractivity contribution in [2.75, 3.05) is 10.8 Å². The zero-order valence-electron chi connectivity index (χ0n) is 27.0. The molecule has 0 heterocycles. The molecule has 0 saturated heterocycles. The van der Waals surface area contributed by atoms with Crippen molar-refractivity contribution < 1.29 is 18.0 Å². The second-order valence-corrected chi connectivity index (χ2v) is 14.0. The van der Waals surface area contributed by atoms with Crippen molar-refractivity contribution >= 4 is 39.1 Å². The van der Waals surface area contributed by atoms with Gasteiger partial charge in [0.15, 0.2) is 0 Å². The number of halogens is 1. The number of carbonyl (C=O) groups is 2. The average molecular weight is 660 g/mol. The van der Waals surface area contributed by atoms with Gasteiger partial charge in [-0.05, 0) is 75.1 Å². The summed E-state index contributed by atoms with van der Waals surface area (Å²) >= 11 is 6.47. The molecule has 0 radical (unpaired) electrons. The quantitative estimate of drug-likeness (QED) is 0.167. The average Bonchev–Trinajstić information content (AvgIpc) is 3.03. The Labute approximate surface area is 278 Å². The lowest BCUT2D eigenvalue weighted by Crippen LogP contribution is -2.54. The van der Waals surface area contributed by atoms with E-state index in [0.29, 0.717) is 22.7 Å². The molecular formula is C37H42ClN3O4S. The number of nitrogens with one attached hydrogen (secondary N) is 1. The van der Waals surface area contributed by atoms with E-state index in [-0.39, 0.29) is 29.8 Å². The summed E-state index contributed by atoms with van der Waals surface area (Å²) in [7, 11) is -4.22. The summed E-state index contributed by atoms with van der Waals surface area (Å²) in [6.45, 7) is 9.03. The van der Waals surface area contributed by atoms with Crippen molar-refractivity contribution in [3.63, 3.8) is 0 Å². The smallest absolute Gasteiger partial charge is 0.264 e. The molecule has 4 aromatic carbocycles. The van der Waals surface area contributed by atoms with Crippen molar-refractivity contribution in [1.29, 1.82) is 0 Å². The third kappa shape index (κ3) is 8.56. The maximum Gasteiger partial charge on any atom is 0.264 e. The van der Waals surface area contributed by atoms with Crippen LogP contribution in [0.2, 0.25) is 5.02 Å². The molecule has 0 aromatic heterocycles. The molecule has 1 N–H and O–H groups in total. The molecule has 4 aromatic rings. The highest BCUT2D eigenvalue weighted by Gasteiger charge is 2.35. The topological polar surface area (TPSA) is 86.8 Å². The first-order chi connectivity index (χ1) is 21.9. The summed E-state index contributed by atoms with van der Waals surface area (Å²) in [5, 5.41) is 3.44. The largest absolute Gasteiger partial charge is 0.352 e. The van der Waals surface area contributed by atoms with Crippen LogP contribution in [-0.4, -0.2) is 43.8 Å². The highest BCUT2D eigenvalue weighted by atomic mass is 35.5. The zero-order valence-corrected chi connectivity index (χ0v) is 28.6. The highest BCUT2D eigenvalue weighted by Crippen LogP contribution is 2.31. The Hall–Kier alpha value is -4.14. The molecule has 0 aliphatic carbocycles. The molecule has 0 unspecified atom stereocenters. The van der Waals surface area contributed by atoms with Gasteiger partial charge in [-0.3, -0.25) is 13.9 Å². The van der Waals surface area contributed by atoms with E-state index in [1.807, 2.05) is 82.3 Å². The Balaban J connectivity index is 1.84. The molecule has 0 aliphatic rings. The Morgan fingerprint density at radius 3 is 2.13 bits per heavy atom. The van der Waals surface area contributed by atoms with Crippen LogP contribution in [0.15, 0.2) is 102 Å². The summed E-state index contributed by atoms with van der Waals surface area (Å²) in [4.78, 5) is 30.2. The van der Waals surface area contributed by atoms with Crippen molar-refractivity contribution in [2.45, 2.75) is 71.0 Å². The van der Waals surface area contributed by atoms with Crippen molar-refractivity contribution in [1.82, 2.24) is 10.2 Å². The van der Waals surface area contributed by atoms with Crippen molar-refractivity contribution in [3.05, 3.63) is 130 Å². The number of hydrogen-bond donors (Lipinski definition) is 1. The fourth-order valence-corrected chi connectivity index (χ4v) is 6.86. The van der Waals surface area contributed by atoms with Crippen LogP contribution in [0.25, 0.3) is 0 Å². The van der Waals surface area contributed by atoms with E-state index in [1.54, 1.807) is 37.3 Å². The Bertz CT molecular complexity index is 1760. The van der Waals surface area contributed by atoms with Crippen molar-refractivity contribution in [2.24, 2.45) is 0 Å². The van der Waals surface area contributed by atoms with E-state index in [9.17, 15) is 18.0 Å². The predicted octanol–water partition coefficient (Wildman–Crippen LogP) is 7.02. The molecular weight excluding hydrogens is 618 g/mol. The summed E-state index contributed by atoms with van der Waals surface area (Å²) < 4.78 is 29.7. The van der Waals surface area contributed by atoms with E-state index in [2.05, 4.69) is 5.32 Å². The van der Waals surface area contributed by atoms with Gasteiger partial charge in [-0.25, -0.2) is 8.42 Å². The lowest BCUT2D eigenvalue weighted by molar-refractivity contribution is -0.140. The van der Waals surface area contributed by atoms with Gasteiger partial charge in [0.25, 0.3) is 10.0 Å². The van der Waals surface area contributed by atoms with Gasteiger partial charge in [0.05, 0.1) is 10.6 Å². The standard InChI is InChI=1S/C37H42ClN3O4S/c1-6-28(4)39-37(43)35(23-30-13-8-7-9-14-30)40(24-31-15-10-12-27(3)22-31)36(42)25-41(34-17-11-16-33(38)29(34)5)46(44,45)32-20-18-26(2)19-21-32/h7-22,28,35H,6,23-25H2,1-5H3,(H,39,43)/t28-,35-/m1/s1. The van der Waals surface area contributed by atoms with Crippen LogP contribution in [-0.2, 0) is 32.6 Å². The van der Waals surface area contributed by atoms with E-state index in [4.69, 9.17) is 11.6 Å². The van der Waals surface area contributed by atoms with Crippen LogP contribution in [0, 0.1) is 20.8 Å². The molecule has 0 spiro atoms.